The molecule has 0 unspecified atom stereocenters. The number of hydrogen-bond donors (Lipinski definition) is 1. The van der Waals surface area contributed by atoms with E-state index in [-0.39, 0.29) is 5.41 Å². The fraction of sp³-hybridized carbons (Fsp3) is 0.500. The Balaban J connectivity index is 2.39. The first kappa shape index (κ1) is 10.6. The van der Waals surface area contributed by atoms with Crippen molar-refractivity contribution >= 4 is 17.3 Å². The predicted octanol–water partition coefficient (Wildman–Crippen LogP) is 3.48. The fourth-order valence-electron chi connectivity index (χ4n) is 1.71. The molecule has 1 aromatic carbocycles. The lowest BCUT2D eigenvalue weighted by Crippen LogP contribution is -2.27. The van der Waals surface area contributed by atoms with Crippen molar-refractivity contribution in [1.29, 1.82) is 0 Å². The summed E-state index contributed by atoms with van der Waals surface area (Å²) >= 11 is 6.01. The molecule has 0 atom stereocenters. The molecule has 82 valence electrons. The molecule has 2 rings (SSSR count). The monoisotopic (exact) mass is 225 g/mol. The summed E-state index contributed by atoms with van der Waals surface area (Å²) in [6.07, 6.45) is 0. The van der Waals surface area contributed by atoms with Gasteiger partial charge in [0.2, 0.25) is 0 Å². The highest BCUT2D eigenvalue weighted by Gasteiger charge is 2.24. The third kappa shape index (κ3) is 2.20. The number of anilines is 1. The maximum Gasteiger partial charge on any atom is 0.145 e. The van der Waals surface area contributed by atoms with Gasteiger partial charge in [0, 0.05) is 17.0 Å². The summed E-state index contributed by atoms with van der Waals surface area (Å²) in [7, 11) is 0. The average molecular weight is 226 g/mol. The first-order chi connectivity index (χ1) is 6.98. The van der Waals surface area contributed by atoms with E-state index in [4.69, 9.17) is 16.3 Å². The highest BCUT2D eigenvalue weighted by atomic mass is 35.5. The van der Waals surface area contributed by atoms with E-state index in [9.17, 15) is 0 Å². The first-order valence-electron chi connectivity index (χ1n) is 5.15. The molecule has 0 saturated heterocycles. The molecule has 0 bridgehead atoms. The molecule has 1 aliphatic rings. The topological polar surface area (TPSA) is 21.3 Å². The molecule has 0 amide bonds. The van der Waals surface area contributed by atoms with E-state index in [0.717, 1.165) is 35.2 Å². The number of halogens is 1. The largest absolute Gasteiger partial charge is 0.491 e. The summed E-state index contributed by atoms with van der Waals surface area (Å²) in [5, 5.41) is 4.14. The van der Waals surface area contributed by atoms with Crippen LogP contribution in [0.3, 0.4) is 0 Å². The third-order valence-corrected chi connectivity index (χ3v) is 2.82. The van der Waals surface area contributed by atoms with E-state index in [2.05, 4.69) is 19.2 Å². The minimum atomic E-state index is 0.151. The van der Waals surface area contributed by atoms with E-state index in [1.54, 1.807) is 0 Å². The van der Waals surface area contributed by atoms with E-state index < -0.39 is 0 Å². The van der Waals surface area contributed by atoms with Crippen LogP contribution in [0.15, 0.2) is 12.1 Å². The smallest absolute Gasteiger partial charge is 0.145 e. The molecule has 15 heavy (non-hydrogen) atoms. The zero-order chi connectivity index (χ0) is 11.1. The van der Waals surface area contributed by atoms with Crippen LogP contribution in [0.1, 0.15) is 19.4 Å². The molecule has 3 heteroatoms. The fourth-order valence-corrected chi connectivity index (χ4v) is 1.98. The van der Waals surface area contributed by atoms with Gasteiger partial charge in [0.1, 0.15) is 5.75 Å². The summed E-state index contributed by atoms with van der Waals surface area (Å²) < 4.78 is 5.83. The third-order valence-electron chi connectivity index (χ3n) is 2.60. The van der Waals surface area contributed by atoms with Gasteiger partial charge in [0.25, 0.3) is 0 Å². The van der Waals surface area contributed by atoms with Crippen molar-refractivity contribution in [2.45, 2.75) is 20.8 Å². The van der Waals surface area contributed by atoms with Crippen LogP contribution in [-0.4, -0.2) is 13.2 Å². The van der Waals surface area contributed by atoms with Crippen molar-refractivity contribution in [3.05, 3.63) is 22.7 Å². The second-order valence-corrected chi connectivity index (χ2v) is 5.34. The molecule has 1 aliphatic heterocycles. The van der Waals surface area contributed by atoms with Crippen LogP contribution in [0.25, 0.3) is 0 Å². The van der Waals surface area contributed by atoms with Gasteiger partial charge >= 0.3 is 0 Å². The zero-order valence-corrected chi connectivity index (χ0v) is 10.1. The van der Waals surface area contributed by atoms with Gasteiger partial charge in [-0.05, 0) is 24.6 Å². The Morgan fingerprint density at radius 3 is 2.87 bits per heavy atom. The molecule has 2 nitrogen and oxygen atoms in total. The summed E-state index contributed by atoms with van der Waals surface area (Å²) in [6.45, 7) is 8.02. The van der Waals surface area contributed by atoms with Gasteiger partial charge in [-0.15, -0.1) is 0 Å². The molecule has 0 radical (unpaired) electrons. The maximum absolute atomic E-state index is 6.01. The van der Waals surface area contributed by atoms with Crippen molar-refractivity contribution in [1.82, 2.24) is 0 Å². The normalized spacial score (nSPS) is 18.4. The lowest BCUT2D eigenvalue weighted by atomic mass is 9.95. The highest BCUT2D eigenvalue weighted by Crippen LogP contribution is 2.36. The molecule has 0 aliphatic carbocycles. The SMILES string of the molecule is Cc1cc(Cl)cc2c1OCC(C)(C)CN2. The standard InChI is InChI=1S/C12H16ClNO/c1-8-4-9(13)5-10-11(8)15-7-12(2,3)6-14-10/h4-5,14H,6-7H2,1-3H3. The summed E-state index contributed by atoms with van der Waals surface area (Å²) in [5.74, 6) is 0.935. The zero-order valence-electron chi connectivity index (χ0n) is 9.36. The number of aryl methyl sites for hydroxylation is 1. The quantitative estimate of drug-likeness (QED) is 0.730. The van der Waals surface area contributed by atoms with E-state index in [0.29, 0.717) is 0 Å². The van der Waals surface area contributed by atoms with Crippen molar-refractivity contribution in [3.8, 4) is 5.75 Å². The molecule has 0 spiro atoms. The minimum Gasteiger partial charge on any atom is -0.491 e. The summed E-state index contributed by atoms with van der Waals surface area (Å²) in [6, 6.07) is 3.85. The lowest BCUT2D eigenvalue weighted by Gasteiger charge is -2.20. The van der Waals surface area contributed by atoms with Gasteiger partial charge in [-0.3, -0.25) is 0 Å². The van der Waals surface area contributed by atoms with Crippen LogP contribution >= 0.6 is 11.6 Å². The molecular weight excluding hydrogens is 210 g/mol. The van der Waals surface area contributed by atoms with E-state index in [1.807, 2.05) is 19.1 Å². The van der Waals surface area contributed by atoms with Gasteiger partial charge in [-0.1, -0.05) is 25.4 Å². The van der Waals surface area contributed by atoms with Crippen LogP contribution in [0.2, 0.25) is 5.02 Å². The van der Waals surface area contributed by atoms with Crippen LogP contribution in [0, 0.1) is 12.3 Å². The van der Waals surface area contributed by atoms with Gasteiger partial charge in [-0.25, -0.2) is 0 Å². The van der Waals surface area contributed by atoms with E-state index in [1.165, 1.54) is 0 Å². The summed E-state index contributed by atoms with van der Waals surface area (Å²) in [5.41, 5.74) is 2.24. The van der Waals surface area contributed by atoms with Gasteiger partial charge < -0.3 is 10.1 Å². The molecular formula is C12H16ClNO. The second-order valence-electron chi connectivity index (χ2n) is 4.91. The molecule has 0 aromatic heterocycles. The van der Waals surface area contributed by atoms with Crippen LogP contribution in [0.5, 0.6) is 5.75 Å². The summed E-state index contributed by atoms with van der Waals surface area (Å²) in [4.78, 5) is 0. The second kappa shape index (κ2) is 3.60. The van der Waals surface area contributed by atoms with E-state index >= 15 is 0 Å². The molecule has 1 heterocycles. The molecule has 0 saturated carbocycles. The first-order valence-corrected chi connectivity index (χ1v) is 5.53. The van der Waals surface area contributed by atoms with Crippen LogP contribution in [0.4, 0.5) is 5.69 Å². The Bertz CT molecular complexity index is 387. The maximum atomic E-state index is 6.01. The Labute approximate surface area is 95.6 Å². The molecule has 1 aromatic rings. The molecule has 0 fully saturated rings. The van der Waals surface area contributed by atoms with Crippen molar-refractivity contribution in [2.75, 3.05) is 18.5 Å². The van der Waals surface area contributed by atoms with Crippen LogP contribution in [-0.2, 0) is 0 Å². The Hall–Kier alpha value is -0.890. The number of hydrogen-bond acceptors (Lipinski definition) is 2. The number of rotatable bonds is 0. The Morgan fingerprint density at radius 1 is 1.40 bits per heavy atom. The Kier molecular flexibility index (Phi) is 2.55. The van der Waals surface area contributed by atoms with Gasteiger partial charge in [-0.2, -0.15) is 0 Å². The number of ether oxygens (including phenoxy) is 1. The minimum absolute atomic E-state index is 0.151. The predicted molar refractivity (Wildman–Crippen MR) is 64.0 cm³/mol. The van der Waals surface area contributed by atoms with Crippen molar-refractivity contribution < 1.29 is 4.74 Å². The van der Waals surface area contributed by atoms with Crippen molar-refractivity contribution in [2.24, 2.45) is 5.41 Å². The van der Waals surface area contributed by atoms with Crippen molar-refractivity contribution in [3.63, 3.8) is 0 Å². The number of nitrogens with one attached hydrogen (secondary N) is 1. The lowest BCUT2D eigenvalue weighted by molar-refractivity contribution is 0.199. The van der Waals surface area contributed by atoms with Gasteiger partial charge in [0.05, 0.1) is 12.3 Å². The molecule has 1 N–H and O–H groups in total. The average Bonchev–Trinajstić information content (AvgIpc) is 2.26. The van der Waals surface area contributed by atoms with Crippen LogP contribution < -0.4 is 10.1 Å². The number of fused-ring (bicyclic) bond motifs is 1. The highest BCUT2D eigenvalue weighted by molar-refractivity contribution is 6.31. The van der Waals surface area contributed by atoms with Gasteiger partial charge in [0.15, 0.2) is 0 Å². The number of benzene rings is 1. The Morgan fingerprint density at radius 2 is 2.13 bits per heavy atom.